The minimum Gasteiger partial charge on any atom is -0.298 e. The van der Waals surface area contributed by atoms with Crippen molar-refractivity contribution in [3.63, 3.8) is 0 Å². The topological polar surface area (TPSA) is 85.1 Å². The van der Waals surface area contributed by atoms with Gasteiger partial charge in [0, 0.05) is 28.6 Å². The van der Waals surface area contributed by atoms with E-state index in [1.54, 1.807) is 23.6 Å². The molecule has 7 heteroatoms. The number of aromatic nitrogens is 1. The van der Waals surface area contributed by atoms with Crippen LogP contribution in [0.4, 0.5) is 10.8 Å². The lowest BCUT2D eigenvalue weighted by molar-refractivity contribution is -0.384. The number of amides is 1. The number of nitro benzene ring substituents is 1. The first-order chi connectivity index (χ1) is 11.9. The molecule has 0 spiro atoms. The average Bonchev–Trinajstić information content (AvgIpc) is 3.06. The van der Waals surface area contributed by atoms with Crippen LogP contribution in [0.1, 0.15) is 21.5 Å². The minimum absolute atomic E-state index is 0.00576. The smallest absolute Gasteiger partial charge is 0.270 e. The minimum atomic E-state index is -0.446. The highest BCUT2D eigenvalue weighted by Crippen LogP contribution is 2.27. The summed E-state index contributed by atoms with van der Waals surface area (Å²) in [7, 11) is 0. The Morgan fingerprint density at radius 2 is 1.96 bits per heavy atom. The Morgan fingerprint density at radius 3 is 2.68 bits per heavy atom. The largest absolute Gasteiger partial charge is 0.298 e. The lowest BCUT2D eigenvalue weighted by atomic mass is 10.1. The van der Waals surface area contributed by atoms with E-state index in [2.05, 4.69) is 10.3 Å². The van der Waals surface area contributed by atoms with Crippen LogP contribution < -0.4 is 5.32 Å². The average molecular weight is 353 g/mol. The van der Waals surface area contributed by atoms with Gasteiger partial charge in [0.15, 0.2) is 5.13 Å². The number of rotatable bonds is 4. The SMILES string of the molecule is Cc1ccc(C(=O)Nc2nc(-c3cccc([N+](=O)[O-])c3)cs2)cc1C. The molecule has 126 valence electrons. The van der Waals surface area contributed by atoms with Crippen molar-refractivity contribution >= 4 is 28.1 Å². The van der Waals surface area contributed by atoms with E-state index in [0.29, 0.717) is 22.0 Å². The van der Waals surface area contributed by atoms with Gasteiger partial charge in [-0.2, -0.15) is 0 Å². The number of benzene rings is 2. The normalized spacial score (nSPS) is 10.5. The van der Waals surface area contributed by atoms with Crippen LogP contribution in [0.5, 0.6) is 0 Å². The van der Waals surface area contributed by atoms with E-state index in [0.717, 1.165) is 11.1 Å². The molecule has 0 aliphatic carbocycles. The first-order valence-electron chi connectivity index (χ1n) is 7.53. The van der Waals surface area contributed by atoms with Gasteiger partial charge in [0.25, 0.3) is 11.6 Å². The maximum atomic E-state index is 12.3. The molecule has 0 aliphatic rings. The molecule has 0 bridgehead atoms. The van der Waals surface area contributed by atoms with E-state index in [1.807, 2.05) is 26.0 Å². The van der Waals surface area contributed by atoms with E-state index in [4.69, 9.17) is 0 Å². The molecule has 1 heterocycles. The van der Waals surface area contributed by atoms with Crippen molar-refractivity contribution in [1.29, 1.82) is 0 Å². The van der Waals surface area contributed by atoms with Crippen LogP contribution in [0.3, 0.4) is 0 Å². The molecule has 6 nitrogen and oxygen atoms in total. The van der Waals surface area contributed by atoms with Crippen molar-refractivity contribution in [2.75, 3.05) is 5.32 Å². The number of hydrogen-bond acceptors (Lipinski definition) is 5. The van der Waals surface area contributed by atoms with Gasteiger partial charge in [-0.15, -0.1) is 11.3 Å². The third-order valence-electron chi connectivity index (χ3n) is 3.85. The number of nitrogens with zero attached hydrogens (tertiary/aromatic N) is 2. The van der Waals surface area contributed by atoms with Crippen molar-refractivity contribution in [1.82, 2.24) is 4.98 Å². The van der Waals surface area contributed by atoms with Crippen molar-refractivity contribution in [2.24, 2.45) is 0 Å². The predicted octanol–water partition coefficient (Wildman–Crippen LogP) is 4.59. The van der Waals surface area contributed by atoms with Gasteiger partial charge in [-0.3, -0.25) is 20.2 Å². The van der Waals surface area contributed by atoms with Gasteiger partial charge < -0.3 is 0 Å². The van der Waals surface area contributed by atoms with Gasteiger partial charge in [-0.05, 0) is 37.1 Å². The summed E-state index contributed by atoms with van der Waals surface area (Å²) in [6.45, 7) is 3.94. The highest BCUT2D eigenvalue weighted by atomic mass is 32.1. The summed E-state index contributed by atoms with van der Waals surface area (Å²) < 4.78 is 0. The van der Waals surface area contributed by atoms with Gasteiger partial charge in [0.05, 0.1) is 10.6 Å². The Balaban J connectivity index is 1.79. The second kappa shape index (κ2) is 6.82. The van der Waals surface area contributed by atoms with E-state index in [-0.39, 0.29) is 11.6 Å². The van der Waals surface area contributed by atoms with Crippen molar-refractivity contribution in [3.8, 4) is 11.3 Å². The lowest BCUT2D eigenvalue weighted by Gasteiger charge is -2.05. The van der Waals surface area contributed by atoms with E-state index in [9.17, 15) is 14.9 Å². The fourth-order valence-electron chi connectivity index (χ4n) is 2.29. The van der Waals surface area contributed by atoms with Crippen LogP contribution in [-0.2, 0) is 0 Å². The molecule has 3 rings (SSSR count). The number of hydrogen-bond donors (Lipinski definition) is 1. The zero-order chi connectivity index (χ0) is 18.0. The van der Waals surface area contributed by atoms with Gasteiger partial charge >= 0.3 is 0 Å². The number of carbonyl (C=O) groups excluding carboxylic acids is 1. The number of non-ortho nitro benzene ring substituents is 1. The molecule has 0 aliphatic heterocycles. The summed E-state index contributed by atoms with van der Waals surface area (Å²) >= 11 is 1.28. The molecule has 1 aromatic heterocycles. The van der Waals surface area contributed by atoms with Crippen LogP contribution in [0.25, 0.3) is 11.3 Å². The van der Waals surface area contributed by atoms with Gasteiger partial charge in [-0.25, -0.2) is 4.98 Å². The van der Waals surface area contributed by atoms with E-state index >= 15 is 0 Å². The third kappa shape index (κ3) is 3.72. The number of carbonyl (C=O) groups is 1. The van der Waals surface area contributed by atoms with Crippen molar-refractivity contribution in [3.05, 3.63) is 74.6 Å². The summed E-state index contributed by atoms with van der Waals surface area (Å²) in [6.07, 6.45) is 0. The van der Waals surface area contributed by atoms with Crippen LogP contribution >= 0.6 is 11.3 Å². The van der Waals surface area contributed by atoms with Crippen LogP contribution in [0.2, 0.25) is 0 Å². The molecule has 3 aromatic rings. The highest BCUT2D eigenvalue weighted by Gasteiger charge is 2.12. The number of nitro groups is 1. The number of aryl methyl sites for hydroxylation is 2. The van der Waals surface area contributed by atoms with Gasteiger partial charge in [-0.1, -0.05) is 18.2 Å². The summed E-state index contributed by atoms with van der Waals surface area (Å²) in [5, 5.41) is 15.8. The summed E-state index contributed by atoms with van der Waals surface area (Å²) in [5.74, 6) is -0.233. The highest BCUT2D eigenvalue weighted by molar-refractivity contribution is 7.14. The Morgan fingerprint density at radius 1 is 1.16 bits per heavy atom. The lowest BCUT2D eigenvalue weighted by Crippen LogP contribution is -2.12. The van der Waals surface area contributed by atoms with Crippen LogP contribution in [0, 0.1) is 24.0 Å². The molecule has 0 atom stereocenters. The van der Waals surface area contributed by atoms with Crippen molar-refractivity contribution in [2.45, 2.75) is 13.8 Å². The Labute approximate surface area is 148 Å². The second-order valence-corrected chi connectivity index (χ2v) is 6.46. The molecule has 0 saturated heterocycles. The van der Waals surface area contributed by atoms with E-state index in [1.165, 1.54) is 23.5 Å². The zero-order valence-electron chi connectivity index (χ0n) is 13.6. The maximum absolute atomic E-state index is 12.3. The molecule has 25 heavy (non-hydrogen) atoms. The maximum Gasteiger partial charge on any atom is 0.270 e. The fraction of sp³-hybridized carbons (Fsp3) is 0.111. The van der Waals surface area contributed by atoms with Crippen LogP contribution in [-0.4, -0.2) is 15.8 Å². The molecule has 0 fully saturated rings. The number of anilines is 1. The molecule has 0 radical (unpaired) electrons. The monoisotopic (exact) mass is 353 g/mol. The molecular formula is C18H15N3O3S. The van der Waals surface area contributed by atoms with Gasteiger partial charge in [0.2, 0.25) is 0 Å². The standard InChI is InChI=1S/C18H15N3O3S/c1-11-6-7-14(8-12(11)2)17(22)20-18-19-16(10-25-18)13-4-3-5-15(9-13)21(23)24/h3-10H,1-2H3,(H,19,20,22). The molecule has 2 aromatic carbocycles. The number of thiazole rings is 1. The summed E-state index contributed by atoms with van der Waals surface area (Å²) in [4.78, 5) is 27.1. The number of nitrogens with one attached hydrogen (secondary N) is 1. The second-order valence-electron chi connectivity index (χ2n) is 5.60. The van der Waals surface area contributed by atoms with Crippen molar-refractivity contribution < 1.29 is 9.72 Å². The Bertz CT molecular complexity index is 966. The third-order valence-corrected chi connectivity index (χ3v) is 4.60. The van der Waals surface area contributed by atoms with Gasteiger partial charge in [0.1, 0.15) is 0 Å². The first kappa shape index (κ1) is 16.8. The molecule has 1 N–H and O–H groups in total. The zero-order valence-corrected chi connectivity index (χ0v) is 14.5. The Kier molecular flexibility index (Phi) is 4.58. The fourth-order valence-corrected chi connectivity index (χ4v) is 3.01. The molecular weight excluding hydrogens is 338 g/mol. The summed E-state index contributed by atoms with van der Waals surface area (Å²) in [6, 6.07) is 11.8. The molecule has 0 unspecified atom stereocenters. The molecule has 0 saturated carbocycles. The van der Waals surface area contributed by atoms with E-state index < -0.39 is 4.92 Å². The molecule has 1 amide bonds. The predicted molar refractivity (Wildman–Crippen MR) is 98.1 cm³/mol. The van der Waals surface area contributed by atoms with Crippen LogP contribution in [0.15, 0.2) is 47.8 Å². The summed E-state index contributed by atoms with van der Waals surface area (Å²) in [5.41, 5.74) is 3.96. The Hall–Kier alpha value is -3.06. The first-order valence-corrected chi connectivity index (χ1v) is 8.41. The quantitative estimate of drug-likeness (QED) is 0.549.